The van der Waals surface area contributed by atoms with Crippen LogP contribution >= 0.6 is 11.3 Å². The Morgan fingerprint density at radius 1 is 0.413 bits per heavy atom. The number of nitrogens with zero attached hydrogens (tertiary/aromatic N) is 5. The van der Waals surface area contributed by atoms with Crippen LogP contribution in [0.2, 0.25) is 0 Å². The molecule has 4 heterocycles. The molecular weight excluding hydrogens is 787 g/mol. The van der Waals surface area contributed by atoms with Crippen molar-refractivity contribution in [2.24, 2.45) is 0 Å². The fraction of sp³-hybridized carbons (Fsp3) is 0.0351. The Hall–Kier alpha value is -7.93. The first-order valence-electron chi connectivity index (χ1n) is 21.5. The number of thiophene rings is 1. The molecule has 5 nitrogen and oxygen atoms in total. The molecule has 1 aliphatic rings. The van der Waals surface area contributed by atoms with Gasteiger partial charge in [-0.15, -0.1) is 11.3 Å². The van der Waals surface area contributed by atoms with Crippen LogP contribution in [0, 0.1) is 0 Å². The summed E-state index contributed by atoms with van der Waals surface area (Å²) in [6.45, 7) is 0. The maximum Gasteiger partial charge on any atom is 0.238 e. The molecule has 0 saturated heterocycles. The van der Waals surface area contributed by atoms with Crippen LogP contribution in [-0.4, -0.2) is 24.1 Å². The molecule has 12 aromatic rings. The van der Waals surface area contributed by atoms with Crippen molar-refractivity contribution in [3.8, 4) is 39.9 Å². The van der Waals surface area contributed by atoms with E-state index in [4.69, 9.17) is 15.0 Å². The van der Waals surface area contributed by atoms with Crippen molar-refractivity contribution in [3.05, 3.63) is 206 Å². The third kappa shape index (κ3) is 5.65. The van der Waals surface area contributed by atoms with Crippen LogP contribution < -0.4 is 0 Å². The molecule has 0 fully saturated rings. The van der Waals surface area contributed by atoms with E-state index in [0.29, 0.717) is 17.6 Å². The van der Waals surface area contributed by atoms with Gasteiger partial charge < -0.3 is 4.57 Å². The third-order valence-corrected chi connectivity index (χ3v) is 13.9. The molecule has 4 aromatic heterocycles. The number of allylic oxidation sites excluding steroid dienone is 4. The highest BCUT2D eigenvalue weighted by atomic mass is 32.1. The molecule has 0 saturated carbocycles. The number of aromatic nitrogens is 5. The smallest absolute Gasteiger partial charge is 0.238 e. The summed E-state index contributed by atoms with van der Waals surface area (Å²) in [5.74, 6) is 1.86. The van der Waals surface area contributed by atoms with E-state index in [1.165, 1.54) is 53.2 Å². The van der Waals surface area contributed by atoms with Crippen molar-refractivity contribution in [1.29, 1.82) is 0 Å². The quantitative estimate of drug-likeness (QED) is 0.168. The van der Waals surface area contributed by atoms with Crippen molar-refractivity contribution in [2.75, 3.05) is 0 Å². The van der Waals surface area contributed by atoms with E-state index in [2.05, 4.69) is 191 Å². The fourth-order valence-electron chi connectivity index (χ4n) is 9.89. The van der Waals surface area contributed by atoms with E-state index in [1.807, 2.05) is 18.2 Å². The molecule has 13 rings (SSSR count). The van der Waals surface area contributed by atoms with Crippen molar-refractivity contribution in [2.45, 2.75) is 12.8 Å². The average Bonchev–Trinajstić information content (AvgIpc) is 4.02. The monoisotopic (exact) mass is 823 g/mol. The Kier molecular flexibility index (Phi) is 8.14. The lowest BCUT2D eigenvalue weighted by atomic mass is 9.89. The third-order valence-electron chi connectivity index (χ3n) is 12.7. The van der Waals surface area contributed by atoms with Crippen LogP contribution in [0.25, 0.3) is 115 Å². The SMILES string of the molecule is C1=C(c2ccccc2-c2ccccc2)CCC=C1n1c2ccccc2c2ccc3c4ccccc4n(-c4nc(-c5ccccc5)nc(-c5cccc6c5sc5ccccc56)n4)c3c21. The molecule has 0 spiro atoms. The van der Waals surface area contributed by atoms with Crippen molar-refractivity contribution in [3.63, 3.8) is 0 Å². The summed E-state index contributed by atoms with van der Waals surface area (Å²) in [5, 5.41) is 7.13. The molecule has 0 radical (unpaired) electrons. The van der Waals surface area contributed by atoms with E-state index in [1.54, 1.807) is 11.3 Å². The minimum atomic E-state index is 0.582. The van der Waals surface area contributed by atoms with Crippen LogP contribution in [0.15, 0.2) is 200 Å². The summed E-state index contributed by atoms with van der Waals surface area (Å²) in [4.78, 5) is 16.2. The number of hydrogen-bond acceptors (Lipinski definition) is 4. The zero-order chi connectivity index (χ0) is 41.4. The Morgan fingerprint density at radius 3 is 1.75 bits per heavy atom. The predicted molar refractivity (Wildman–Crippen MR) is 264 cm³/mol. The average molecular weight is 824 g/mol. The predicted octanol–water partition coefficient (Wildman–Crippen LogP) is 15.2. The normalized spacial score (nSPS) is 13.1. The van der Waals surface area contributed by atoms with Gasteiger partial charge in [-0.2, -0.15) is 9.97 Å². The maximum absolute atomic E-state index is 5.50. The molecule has 0 aliphatic heterocycles. The summed E-state index contributed by atoms with van der Waals surface area (Å²) in [5.41, 5.74) is 12.6. The minimum absolute atomic E-state index is 0.582. The summed E-state index contributed by atoms with van der Waals surface area (Å²) < 4.78 is 7.20. The molecule has 0 atom stereocenters. The van der Waals surface area contributed by atoms with Gasteiger partial charge in [0.05, 0.1) is 22.1 Å². The highest BCUT2D eigenvalue weighted by molar-refractivity contribution is 7.26. The molecule has 8 aromatic carbocycles. The van der Waals surface area contributed by atoms with Crippen LogP contribution in [0.5, 0.6) is 0 Å². The standard InChI is InChI=1S/C57H37N5S/c1-3-17-36(18-4-1)40-23-7-8-24-41(40)38-21-15-22-39(35-38)61-49-30-12-9-25-42(49)45-33-34-46-43-26-10-13-31-50(43)62(53(46)52(45)61)57-59-55(37-19-5-2-6-20-37)58-56(60-57)48-29-16-28-47-44-27-11-14-32-51(44)63-54(47)48/h1-14,16-20,22-35H,15,21H2. The second-order valence-corrected chi connectivity index (χ2v) is 17.3. The maximum atomic E-state index is 5.50. The number of rotatable bonds is 6. The van der Waals surface area contributed by atoms with Gasteiger partial charge in [0.1, 0.15) is 0 Å². The Labute approximate surface area is 367 Å². The number of para-hydroxylation sites is 2. The molecule has 63 heavy (non-hydrogen) atoms. The summed E-state index contributed by atoms with van der Waals surface area (Å²) >= 11 is 1.79. The van der Waals surface area contributed by atoms with Crippen LogP contribution in [0.3, 0.4) is 0 Å². The zero-order valence-corrected chi connectivity index (χ0v) is 34.9. The molecule has 0 N–H and O–H groups in total. The van der Waals surface area contributed by atoms with Gasteiger partial charge in [0.15, 0.2) is 11.6 Å². The summed E-state index contributed by atoms with van der Waals surface area (Å²) in [7, 11) is 0. The van der Waals surface area contributed by atoms with Gasteiger partial charge in [0, 0.05) is 58.5 Å². The van der Waals surface area contributed by atoms with E-state index < -0.39 is 0 Å². The Morgan fingerprint density at radius 2 is 0.984 bits per heavy atom. The van der Waals surface area contributed by atoms with E-state index >= 15 is 0 Å². The molecule has 6 heteroatoms. The molecule has 296 valence electrons. The molecule has 1 aliphatic carbocycles. The Balaban J connectivity index is 1.11. The van der Waals surface area contributed by atoms with Crippen molar-refractivity contribution < 1.29 is 0 Å². The van der Waals surface area contributed by atoms with E-state index in [0.717, 1.165) is 62.5 Å². The number of fused-ring (bicyclic) bond motifs is 10. The largest absolute Gasteiger partial charge is 0.307 e. The fourth-order valence-corrected chi connectivity index (χ4v) is 11.1. The summed E-state index contributed by atoms with van der Waals surface area (Å²) in [6.07, 6.45) is 6.72. The Bertz CT molecular complexity index is 3850. The summed E-state index contributed by atoms with van der Waals surface area (Å²) in [6, 6.07) is 67.1. The van der Waals surface area contributed by atoms with Crippen molar-refractivity contribution in [1.82, 2.24) is 24.1 Å². The second kappa shape index (κ2) is 14.3. The lowest BCUT2D eigenvalue weighted by Crippen LogP contribution is -2.07. The van der Waals surface area contributed by atoms with Gasteiger partial charge in [-0.1, -0.05) is 170 Å². The van der Waals surface area contributed by atoms with Gasteiger partial charge in [-0.3, -0.25) is 4.57 Å². The molecular formula is C57H37N5S. The first-order valence-corrected chi connectivity index (χ1v) is 22.3. The number of benzene rings is 8. The topological polar surface area (TPSA) is 48.5 Å². The van der Waals surface area contributed by atoms with E-state index in [9.17, 15) is 0 Å². The minimum Gasteiger partial charge on any atom is -0.307 e. The highest BCUT2D eigenvalue weighted by Crippen LogP contribution is 2.44. The molecule has 0 unspecified atom stereocenters. The van der Waals surface area contributed by atoms with Gasteiger partial charge >= 0.3 is 0 Å². The van der Waals surface area contributed by atoms with Gasteiger partial charge in [-0.25, -0.2) is 4.98 Å². The van der Waals surface area contributed by atoms with Crippen molar-refractivity contribution >= 4 is 86.4 Å². The van der Waals surface area contributed by atoms with E-state index in [-0.39, 0.29) is 0 Å². The lowest BCUT2D eigenvalue weighted by molar-refractivity contribution is 0.954. The first kappa shape index (κ1) is 35.8. The molecule has 0 amide bonds. The number of hydrogen-bond donors (Lipinski definition) is 0. The van der Waals surface area contributed by atoms with Gasteiger partial charge in [-0.05, 0) is 65.4 Å². The molecule has 0 bridgehead atoms. The zero-order valence-electron chi connectivity index (χ0n) is 34.1. The first-order chi connectivity index (χ1) is 31.3. The van der Waals surface area contributed by atoms with Crippen LogP contribution in [-0.2, 0) is 0 Å². The van der Waals surface area contributed by atoms with Gasteiger partial charge in [0.25, 0.3) is 0 Å². The highest BCUT2D eigenvalue weighted by Gasteiger charge is 2.25. The lowest BCUT2D eigenvalue weighted by Gasteiger charge is -2.20. The van der Waals surface area contributed by atoms with Crippen LogP contribution in [0.1, 0.15) is 18.4 Å². The van der Waals surface area contributed by atoms with Crippen LogP contribution in [0.4, 0.5) is 0 Å². The van der Waals surface area contributed by atoms with Gasteiger partial charge in [0.2, 0.25) is 5.95 Å². The second-order valence-electron chi connectivity index (χ2n) is 16.2.